The van der Waals surface area contributed by atoms with Gasteiger partial charge >= 0.3 is 5.97 Å². The van der Waals surface area contributed by atoms with Gasteiger partial charge in [0.1, 0.15) is 18.1 Å². The lowest BCUT2D eigenvalue weighted by Crippen LogP contribution is -2.59. The van der Waals surface area contributed by atoms with Crippen LogP contribution in [0.1, 0.15) is 54.4 Å². The van der Waals surface area contributed by atoms with Crippen molar-refractivity contribution in [2.75, 3.05) is 0 Å². The minimum absolute atomic E-state index is 0.179. The maximum atomic E-state index is 12.8. The fourth-order valence-corrected chi connectivity index (χ4v) is 2.85. The number of nitrogens with one attached hydrogen (secondary N) is 3. The first-order chi connectivity index (χ1) is 14.2. The van der Waals surface area contributed by atoms with E-state index in [4.69, 9.17) is 11.5 Å². The number of amides is 4. The summed E-state index contributed by atoms with van der Waals surface area (Å²) < 4.78 is 0. The molecule has 0 rings (SSSR count). The summed E-state index contributed by atoms with van der Waals surface area (Å²) in [6.07, 6.45) is -0.107. The van der Waals surface area contributed by atoms with Gasteiger partial charge in [-0.2, -0.15) is 0 Å². The zero-order valence-electron chi connectivity index (χ0n) is 19.1. The van der Waals surface area contributed by atoms with Crippen molar-refractivity contribution < 1.29 is 29.1 Å². The van der Waals surface area contributed by atoms with E-state index in [2.05, 4.69) is 16.0 Å². The van der Waals surface area contributed by atoms with Gasteiger partial charge in [0.05, 0.1) is 12.5 Å². The second-order valence-electron chi connectivity index (χ2n) is 8.77. The lowest BCUT2D eigenvalue weighted by Gasteiger charge is -2.27. The average molecular weight is 444 g/mol. The molecule has 4 atom stereocenters. The Morgan fingerprint density at radius 2 is 1.26 bits per heavy atom. The van der Waals surface area contributed by atoms with E-state index < -0.39 is 66.1 Å². The van der Waals surface area contributed by atoms with Crippen LogP contribution in [-0.2, 0) is 24.0 Å². The summed E-state index contributed by atoms with van der Waals surface area (Å²) in [5, 5.41) is 16.5. The highest BCUT2D eigenvalue weighted by molar-refractivity contribution is 5.96. The number of nitrogens with two attached hydrogens (primary N) is 2. The maximum absolute atomic E-state index is 12.8. The number of carboxylic acid groups (broad SMARTS) is 1. The third-order valence-electron chi connectivity index (χ3n) is 4.58. The van der Waals surface area contributed by atoms with Gasteiger partial charge in [0.25, 0.3) is 0 Å². The summed E-state index contributed by atoms with van der Waals surface area (Å²) >= 11 is 0. The molecular weight excluding hydrogens is 406 g/mol. The highest BCUT2D eigenvalue weighted by Crippen LogP contribution is 2.08. The van der Waals surface area contributed by atoms with E-state index in [9.17, 15) is 29.1 Å². The molecule has 11 nitrogen and oxygen atoms in total. The van der Waals surface area contributed by atoms with Crippen LogP contribution in [-0.4, -0.2) is 58.9 Å². The summed E-state index contributed by atoms with van der Waals surface area (Å²) in [5.41, 5.74) is 11.1. The van der Waals surface area contributed by atoms with Crippen LogP contribution in [0.25, 0.3) is 0 Å². The molecule has 178 valence electrons. The number of carbonyl (C=O) groups excluding carboxylic acids is 4. The van der Waals surface area contributed by atoms with Gasteiger partial charge in [0.2, 0.25) is 23.6 Å². The van der Waals surface area contributed by atoms with E-state index in [1.54, 1.807) is 27.7 Å². The van der Waals surface area contributed by atoms with Crippen LogP contribution in [0.2, 0.25) is 0 Å². The predicted octanol–water partition coefficient (Wildman–Crippen LogP) is -0.914. The number of hydrogen-bond acceptors (Lipinski definition) is 6. The Morgan fingerprint density at radius 1 is 0.774 bits per heavy atom. The second-order valence-corrected chi connectivity index (χ2v) is 8.77. The van der Waals surface area contributed by atoms with Gasteiger partial charge in [-0.15, -0.1) is 0 Å². The number of aliphatic carboxylic acids is 1. The lowest BCUT2D eigenvalue weighted by molar-refractivity contribution is -0.143. The van der Waals surface area contributed by atoms with Gasteiger partial charge < -0.3 is 32.5 Å². The Morgan fingerprint density at radius 3 is 1.65 bits per heavy atom. The van der Waals surface area contributed by atoms with Crippen LogP contribution in [0, 0.1) is 17.8 Å². The standard InChI is InChI=1S/C20H37N5O6/c1-9(2)7-12(21)17(27)24-15(10(3)4)19(29)23-13(8-14(22)26)18(28)25-16(11(5)6)20(30)31/h9-13,15-16H,7-8,21H2,1-6H3,(H2,22,26)(H,23,29)(H,24,27)(H,25,28)(H,30,31). The minimum atomic E-state index is -1.40. The fraction of sp³-hybridized carbons (Fsp3) is 0.750. The quantitative estimate of drug-likeness (QED) is 0.212. The highest BCUT2D eigenvalue weighted by atomic mass is 16.4. The third-order valence-corrected chi connectivity index (χ3v) is 4.58. The lowest BCUT2D eigenvalue weighted by atomic mass is 9.99. The molecular formula is C20H37N5O6. The van der Waals surface area contributed by atoms with Crippen molar-refractivity contribution in [2.45, 2.75) is 78.6 Å². The molecule has 0 aromatic carbocycles. The molecule has 0 aliphatic carbocycles. The molecule has 0 spiro atoms. The van der Waals surface area contributed by atoms with Crippen LogP contribution < -0.4 is 27.4 Å². The van der Waals surface area contributed by atoms with Crippen LogP contribution >= 0.6 is 0 Å². The van der Waals surface area contributed by atoms with Crippen LogP contribution in [0.4, 0.5) is 0 Å². The molecule has 0 bridgehead atoms. The summed E-state index contributed by atoms with van der Waals surface area (Å²) in [4.78, 5) is 60.5. The normalized spacial score (nSPS) is 15.2. The van der Waals surface area contributed by atoms with Crippen molar-refractivity contribution in [2.24, 2.45) is 29.2 Å². The molecule has 0 radical (unpaired) electrons. The summed E-state index contributed by atoms with van der Waals surface area (Å²) in [6.45, 7) is 10.4. The Kier molecular flexibility index (Phi) is 11.8. The zero-order chi connectivity index (χ0) is 24.5. The van der Waals surface area contributed by atoms with Crippen LogP contribution in [0.3, 0.4) is 0 Å². The van der Waals surface area contributed by atoms with E-state index in [1.807, 2.05) is 13.8 Å². The Bertz CT molecular complexity index is 664. The SMILES string of the molecule is CC(C)CC(N)C(=O)NC(C(=O)NC(CC(N)=O)C(=O)NC(C(=O)O)C(C)C)C(C)C. The monoisotopic (exact) mass is 443 g/mol. The van der Waals surface area contributed by atoms with E-state index in [-0.39, 0.29) is 11.8 Å². The molecule has 11 heteroatoms. The van der Waals surface area contributed by atoms with Crippen molar-refractivity contribution in [1.29, 1.82) is 0 Å². The molecule has 0 aromatic rings. The minimum Gasteiger partial charge on any atom is -0.480 e. The second kappa shape index (κ2) is 12.9. The van der Waals surface area contributed by atoms with Crippen molar-refractivity contribution in [3.05, 3.63) is 0 Å². The Balaban J connectivity index is 5.44. The molecule has 31 heavy (non-hydrogen) atoms. The zero-order valence-corrected chi connectivity index (χ0v) is 19.1. The van der Waals surface area contributed by atoms with E-state index in [1.165, 1.54) is 0 Å². The van der Waals surface area contributed by atoms with Crippen molar-refractivity contribution in [1.82, 2.24) is 16.0 Å². The molecule has 0 saturated heterocycles. The molecule has 0 aliphatic heterocycles. The number of hydrogen-bond donors (Lipinski definition) is 6. The van der Waals surface area contributed by atoms with Gasteiger partial charge in [-0.05, 0) is 24.2 Å². The van der Waals surface area contributed by atoms with Gasteiger partial charge in [-0.3, -0.25) is 19.2 Å². The number of carbonyl (C=O) groups is 5. The molecule has 4 unspecified atom stereocenters. The van der Waals surface area contributed by atoms with E-state index >= 15 is 0 Å². The Labute approximate surface area is 183 Å². The molecule has 4 amide bonds. The fourth-order valence-electron chi connectivity index (χ4n) is 2.85. The van der Waals surface area contributed by atoms with E-state index in [0.717, 1.165) is 0 Å². The Hall–Kier alpha value is -2.69. The van der Waals surface area contributed by atoms with Crippen molar-refractivity contribution >= 4 is 29.6 Å². The largest absolute Gasteiger partial charge is 0.480 e. The molecule has 0 aromatic heterocycles. The van der Waals surface area contributed by atoms with Gasteiger partial charge in [0.15, 0.2) is 0 Å². The molecule has 8 N–H and O–H groups in total. The van der Waals surface area contributed by atoms with Gasteiger partial charge in [-0.25, -0.2) is 4.79 Å². The van der Waals surface area contributed by atoms with Gasteiger partial charge in [0, 0.05) is 0 Å². The van der Waals surface area contributed by atoms with E-state index in [0.29, 0.717) is 6.42 Å². The highest BCUT2D eigenvalue weighted by Gasteiger charge is 2.33. The number of rotatable bonds is 13. The first-order valence-corrected chi connectivity index (χ1v) is 10.3. The topological polar surface area (TPSA) is 194 Å². The predicted molar refractivity (Wildman–Crippen MR) is 114 cm³/mol. The molecule has 0 saturated carbocycles. The third kappa shape index (κ3) is 10.3. The van der Waals surface area contributed by atoms with Crippen LogP contribution in [0.5, 0.6) is 0 Å². The maximum Gasteiger partial charge on any atom is 0.326 e. The smallest absolute Gasteiger partial charge is 0.326 e. The number of carboxylic acids is 1. The summed E-state index contributed by atoms with van der Waals surface area (Å²) in [5.74, 6) is -4.80. The van der Waals surface area contributed by atoms with Crippen molar-refractivity contribution in [3.63, 3.8) is 0 Å². The van der Waals surface area contributed by atoms with Crippen LogP contribution in [0.15, 0.2) is 0 Å². The average Bonchev–Trinajstić information content (AvgIpc) is 2.60. The summed E-state index contributed by atoms with van der Waals surface area (Å²) in [6, 6.07) is -4.43. The molecule has 0 aliphatic rings. The first kappa shape index (κ1) is 28.3. The summed E-state index contributed by atoms with van der Waals surface area (Å²) in [7, 11) is 0. The van der Waals surface area contributed by atoms with Gasteiger partial charge in [-0.1, -0.05) is 41.5 Å². The van der Waals surface area contributed by atoms with Crippen molar-refractivity contribution in [3.8, 4) is 0 Å². The molecule has 0 fully saturated rings. The number of primary amides is 1. The molecule has 0 heterocycles. The first-order valence-electron chi connectivity index (χ1n) is 10.3.